The van der Waals surface area contributed by atoms with Crippen molar-refractivity contribution < 1.29 is 4.79 Å². The average molecular weight is 339 g/mol. The van der Waals surface area contributed by atoms with Gasteiger partial charge in [-0.05, 0) is 46.6 Å². The van der Waals surface area contributed by atoms with Gasteiger partial charge in [-0.15, -0.1) is 0 Å². The van der Waals surface area contributed by atoms with E-state index >= 15 is 0 Å². The van der Waals surface area contributed by atoms with Crippen molar-refractivity contribution in [1.29, 1.82) is 0 Å². The largest absolute Gasteiger partial charge is 0.348 e. The lowest BCUT2D eigenvalue weighted by Crippen LogP contribution is -2.23. The Morgan fingerprint density at radius 1 is 1.21 bits per heavy atom. The lowest BCUT2D eigenvalue weighted by Gasteiger charge is -2.07. The van der Waals surface area contributed by atoms with Crippen molar-refractivity contribution in [2.45, 2.75) is 13.5 Å². The topological polar surface area (TPSA) is 29.1 Å². The van der Waals surface area contributed by atoms with Crippen LogP contribution in [0.5, 0.6) is 0 Å². The first-order valence-electron chi connectivity index (χ1n) is 5.85. The molecule has 2 rings (SSSR count). The molecule has 0 aliphatic heterocycles. The highest BCUT2D eigenvalue weighted by atomic mass is 79.9. The zero-order chi connectivity index (χ0) is 13.8. The molecule has 0 aromatic heterocycles. The Morgan fingerprint density at radius 2 is 1.89 bits per heavy atom. The number of hydrogen-bond donors (Lipinski definition) is 1. The number of rotatable bonds is 3. The first kappa shape index (κ1) is 14.1. The molecule has 2 aromatic rings. The van der Waals surface area contributed by atoms with Gasteiger partial charge < -0.3 is 5.32 Å². The summed E-state index contributed by atoms with van der Waals surface area (Å²) in [5.41, 5.74) is 2.86. The molecule has 0 unspecified atom stereocenters. The average Bonchev–Trinajstić information content (AvgIpc) is 2.37. The second kappa shape index (κ2) is 6.22. The van der Waals surface area contributed by atoms with E-state index in [1.807, 2.05) is 31.2 Å². The van der Waals surface area contributed by atoms with Crippen LogP contribution in [0, 0.1) is 6.92 Å². The van der Waals surface area contributed by atoms with Crippen molar-refractivity contribution >= 4 is 33.4 Å². The number of halogens is 2. The van der Waals surface area contributed by atoms with Crippen molar-refractivity contribution in [2.75, 3.05) is 0 Å². The molecule has 2 aromatic carbocycles. The zero-order valence-electron chi connectivity index (χ0n) is 10.4. The summed E-state index contributed by atoms with van der Waals surface area (Å²) in [7, 11) is 0. The Balaban J connectivity index is 2.03. The SMILES string of the molecule is Cc1ccc(CNC(=O)c2ccc(Cl)cc2Br)cc1. The summed E-state index contributed by atoms with van der Waals surface area (Å²) >= 11 is 9.19. The third-order valence-corrected chi connectivity index (χ3v) is 3.64. The molecule has 0 aliphatic carbocycles. The highest BCUT2D eigenvalue weighted by Gasteiger charge is 2.09. The standard InChI is InChI=1S/C15H13BrClNO/c1-10-2-4-11(5-3-10)9-18-15(19)13-7-6-12(17)8-14(13)16/h2-8H,9H2,1H3,(H,18,19). The lowest BCUT2D eigenvalue weighted by atomic mass is 10.1. The molecule has 0 bridgehead atoms. The van der Waals surface area contributed by atoms with Crippen molar-refractivity contribution in [3.8, 4) is 0 Å². The van der Waals surface area contributed by atoms with Gasteiger partial charge in [-0.3, -0.25) is 4.79 Å². The van der Waals surface area contributed by atoms with Gasteiger partial charge >= 0.3 is 0 Å². The minimum atomic E-state index is -0.121. The molecule has 0 radical (unpaired) electrons. The molecule has 19 heavy (non-hydrogen) atoms. The number of aryl methyl sites for hydroxylation is 1. The van der Waals surface area contributed by atoms with Crippen LogP contribution in [-0.4, -0.2) is 5.91 Å². The number of nitrogens with one attached hydrogen (secondary N) is 1. The Kier molecular flexibility index (Phi) is 4.61. The molecule has 0 atom stereocenters. The van der Waals surface area contributed by atoms with E-state index in [-0.39, 0.29) is 5.91 Å². The van der Waals surface area contributed by atoms with Gasteiger partial charge in [-0.2, -0.15) is 0 Å². The summed E-state index contributed by atoms with van der Waals surface area (Å²) in [6.07, 6.45) is 0. The van der Waals surface area contributed by atoms with E-state index in [0.717, 1.165) is 5.56 Å². The molecule has 0 fully saturated rings. The highest BCUT2D eigenvalue weighted by molar-refractivity contribution is 9.10. The van der Waals surface area contributed by atoms with E-state index < -0.39 is 0 Å². The predicted molar refractivity (Wildman–Crippen MR) is 81.5 cm³/mol. The number of benzene rings is 2. The predicted octanol–water partition coefficient (Wildman–Crippen LogP) is 4.34. The maximum atomic E-state index is 12.0. The van der Waals surface area contributed by atoms with E-state index in [2.05, 4.69) is 21.2 Å². The Labute approximate surface area is 125 Å². The highest BCUT2D eigenvalue weighted by Crippen LogP contribution is 2.21. The molecule has 0 saturated heterocycles. The molecule has 1 N–H and O–H groups in total. The van der Waals surface area contributed by atoms with Crippen molar-refractivity contribution in [2.24, 2.45) is 0 Å². The molecule has 4 heteroatoms. The van der Waals surface area contributed by atoms with Gasteiger partial charge in [-0.25, -0.2) is 0 Å². The van der Waals surface area contributed by atoms with Crippen LogP contribution in [0.1, 0.15) is 21.5 Å². The summed E-state index contributed by atoms with van der Waals surface area (Å²) in [4.78, 5) is 12.0. The number of amides is 1. The molecule has 1 amide bonds. The van der Waals surface area contributed by atoms with Crippen molar-refractivity contribution in [3.05, 3.63) is 68.7 Å². The molecule has 98 valence electrons. The monoisotopic (exact) mass is 337 g/mol. The van der Waals surface area contributed by atoms with Gasteiger partial charge in [0.15, 0.2) is 0 Å². The van der Waals surface area contributed by atoms with Gasteiger partial charge in [-0.1, -0.05) is 41.4 Å². The smallest absolute Gasteiger partial charge is 0.252 e. The Morgan fingerprint density at radius 3 is 2.53 bits per heavy atom. The van der Waals surface area contributed by atoms with Gasteiger partial charge in [0, 0.05) is 16.0 Å². The first-order chi connectivity index (χ1) is 9.06. The maximum absolute atomic E-state index is 12.0. The molecular formula is C15H13BrClNO. The minimum absolute atomic E-state index is 0.121. The minimum Gasteiger partial charge on any atom is -0.348 e. The Hall–Kier alpha value is -1.32. The van der Waals surface area contributed by atoms with Crippen molar-refractivity contribution in [3.63, 3.8) is 0 Å². The first-order valence-corrected chi connectivity index (χ1v) is 7.02. The van der Waals surface area contributed by atoms with Gasteiger partial charge in [0.1, 0.15) is 0 Å². The maximum Gasteiger partial charge on any atom is 0.252 e. The van der Waals surface area contributed by atoms with E-state index in [0.29, 0.717) is 21.6 Å². The summed E-state index contributed by atoms with van der Waals surface area (Å²) in [6.45, 7) is 2.54. The second-order valence-corrected chi connectivity index (χ2v) is 5.58. The normalized spacial score (nSPS) is 10.3. The van der Waals surface area contributed by atoms with Gasteiger partial charge in [0.25, 0.3) is 5.91 Å². The fourth-order valence-electron chi connectivity index (χ4n) is 1.66. The molecule has 0 saturated carbocycles. The fourth-order valence-corrected chi connectivity index (χ4v) is 2.52. The van der Waals surface area contributed by atoms with E-state index in [9.17, 15) is 4.79 Å². The van der Waals surface area contributed by atoms with Crippen LogP contribution in [0.25, 0.3) is 0 Å². The number of carbonyl (C=O) groups is 1. The zero-order valence-corrected chi connectivity index (χ0v) is 12.8. The van der Waals surface area contributed by atoms with Crippen LogP contribution in [-0.2, 0) is 6.54 Å². The van der Waals surface area contributed by atoms with Crippen LogP contribution >= 0.6 is 27.5 Å². The van der Waals surface area contributed by atoms with Crippen LogP contribution in [0.4, 0.5) is 0 Å². The molecule has 0 heterocycles. The second-order valence-electron chi connectivity index (χ2n) is 4.29. The summed E-state index contributed by atoms with van der Waals surface area (Å²) in [6, 6.07) is 13.2. The molecule has 0 spiro atoms. The summed E-state index contributed by atoms with van der Waals surface area (Å²) in [5.74, 6) is -0.121. The lowest BCUT2D eigenvalue weighted by molar-refractivity contribution is 0.0950. The van der Waals surface area contributed by atoms with Crippen LogP contribution in [0.15, 0.2) is 46.9 Å². The van der Waals surface area contributed by atoms with E-state index in [1.54, 1.807) is 18.2 Å². The van der Waals surface area contributed by atoms with Crippen molar-refractivity contribution in [1.82, 2.24) is 5.32 Å². The van der Waals surface area contributed by atoms with E-state index in [1.165, 1.54) is 5.56 Å². The van der Waals surface area contributed by atoms with Crippen LogP contribution in [0.3, 0.4) is 0 Å². The third kappa shape index (κ3) is 3.82. The third-order valence-electron chi connectivity index (χ3n) is 2.75. The molecular weight excluding hydrogens is 326 g/mol. The van der Waals surface area contributed by atoms with Crippen LogP contribution < -0.4 is 5.32 Å². The molecule has 2 nitrogen and oxygen atoms in total. The van der Waals surface area contributed by atoms with Gasteiger partial charge in [0.2, 0.25) is 0 Å². The number of carbonyl (C=O) groups excluding carboxylic acids is 1. The Bertz CT molecular complexity index is 596. The summed E-state index contributed by atoms with van der Waals surface area (Å²) in [5, 5.41) is 3.48. The fraction of sp³-hybridized carbons (Fsp3) is 0.133. The van der Waals surface area contributed by atoms with Crippen LogP contribution in [0.2, 0.25) is 5.02 Å². The summed E-state index contributed by atoms with van der Waals surface area (Å²) < 4.78 is 0.696. The molecule has 0 aliphatic rings. The van der Waals surface area contributed by atoms with Gasteiger partial charge in [0.05, 0.1) is 5.56 Å². The van der Waals surface area contributed by atoms with E-state index in [4.69, 9.17) is 11.6 Å². The quantitative estimate of drug-likeness (QED) is 0.886. The number of hydrogen-bond acceptors (Lipinski definition) is 1.